The van der Waals surface area contributed by atoms with Gasteiger partial charge >= 0.3 is 0 Å². The van der Waals surface area contributed by atoms with Gasteiger partial charge in [-0.15, -0.1) is 0 Å². The Morgan fingerprint density at radius 1 is 0.938 bits per heavy atom. The van der Waals surface area contributed by atoms with Crippen molar-refractivity contribution < 1.29 is 14.3 Å². The normalized spacial score (nSPS) is 11.0. The van der Waals surface area contributed by atoms with Crippen molar-refractivity contribution >= 4 is 23.7 Å². The van der Waals surface area contributed by atoms with E-state index in [9.17, 15) is 4.79 Å². The third-order valence-electron chi connectivity index (χ3n) is 4.95. The highest BCUT2D eigenvalue weighted by Crippen LogP contribution is 2.28. The molecule has 0 aliphatic rings. The first-order valence-corrected chi connectivity index (χ1v) is 12.0. The smallest absolute Gasteiger partial charge is 0.244 e. The first-order chi connectivity index (χ1) is 15.6. The standard InChI is InChI=1S/C26H35ClN2O3/c1-3-5-6-7-8-9-10-17-32-24-16-13-22(18-25(24)31-4-2)20-28-29-26(30)19-21-11-14-23(27)15-12-21/h11-16,18,20H,3-10,17,19H2,1-2H3,(H,29,30)/b28-20-. The van der Waals surface area contributed by atoms with Gasteiger partial charge in [-0.25, -0.2) is 5.43 Å². The molecule has 0 radical (unpaired) electrons. The third-order valence-corrected chi connectivity index (χ3v) is 5.21. The summed E-state index contributed by atoms with van der Waals surface area (Å²) in [5.74, 6) is 1.23. The lowest BCUT2D eigenvalue weighted by Gasteiger charge is -2.12. The van der Waals surface area contributed by atoms with Crippen LogP contribution in [0.4, 0.5) is 0 Å². The van der Waals surface area contributed by atoms with Crippen molar-refractivity contribution in [3.8, 4) is 11.5 Å². The number of nitrogens with zero attached hydrogens (tertiary/aromatic N) is 1. The summed E-state index contributed by atoms with van der Waals surface area (Å²) in [5, 5.41) is 4.70. The number of hydrogen-bond acceptors (Lipinski definition) is 4. The Morgan fingerprint density at radius 3 is 2.38 bits per heavy atom. The summed E-state index contributed by atoms with van der Waals surface area (Å²) in [6.45, 7) is 5.41. The number of amides is 1. The van der Waals surface area contributed by atoms with Crippen LogP contribution in [0.25, 0.3) is 0 Å². The summed E-state index contributed by atoms with van der Waals surface area (Å²) < 4.78 is 11.7. The number of halogens is 1. The highest BCUT2D eigenvalue weighted by Gasteiger charge is 2.07. The topological polar surface area (TPSA) is 59.9 Å². The van der Waals surface area contributed by atoms with Crippen molar-refractivity contribution in [2.75, 3.05) is 13.2 Å². The molecule has 0 aliphatic heterocycles. The number of carbonyl (C=O) groups excluding carboxylic acids is 1. The Balaban J connectivity index is 1.80. The molecule has 0 aromatic heterocycles. The molecule has 174 valence electrons. The average molecular weight is 459 g/mol. The molecule has 0 bridgehead atoms. The summed E-state index contributed by atoms with van der Waals surface area (Å²) in [6.07, 6.45) is 10.6. The molecule has 2 rings (SSSR count). The van der Waals surface area contributed by atoms with Gasteiger partial charge in [0, 0.05) is 5.02 Å². The molecule has 0 atom stereocenters. The maximum absolute atomic E-state index is 12.1. The van der Waals surface area contributed by atoms with E-state index in [1.807, 2.05) is 37.3 Å². The van der Waals surface area contributed by atoms with Crippen molar-refractivity contribution in [2.24, 2.45) is 5.10 Å². The second-order valence-electron chi connectivity index (χ2n) is 7.71. The van der Waals surface area contributed by atoms with Crippen molar-refractivity contribution in [1.29, 1.82) is 0 Å². The summed E-state index contributed by atoms with van der Waals surface area (Å²) in [5.41, 5.74) is 4.25. The number of benzene rings is 2. The maximum atomic E-state index is 12.1. The molecule has 1 amide bonds. The fraction of sp³-hybridized carbons (Fsp3) is 0.462. The van der Waals surface area contributed by atoms with Gasteiger partial charge in [0.1, 0.15) is 0 Å². The fourth-order valence-electron chi connectivity index (χ4n) is 3.24. The van der Waals surface area contributed by atoms with Crippen molar-refractivity contribution in [3.05, 3.63) is 58.6 Å². The first kappa shape index (κ1) is 25.7. The van der Waals surface area contributed by atoms with Gasteiger partial charge in [0.15, 0.2) is 11.5 Å². The Kier molecular flexibility index (Phi) is 12.3. The second kappa shape index (κ2) is 15.3. The van der Waals surface area contributed by atoms with Crippen LogP contribution in [0.3, 0.4) is 0 Å². The Bertz CT molecular complexity index is 837. The summed E-state index contributed by atoms with van der Waals surface area (Å²) in [6, 6.07) is 12.8. The SMILES string of the molecule is CCCCCCCCCOc1ccc(/C=N\NC(=O)Cc2ccc(Cl)cc2)cc1OCC. The van der Waals surface area contributed by atoms with Gasteiger partial charge in [0.05, 0.1) is 25.8 Å². The van der Waals surface area contributed by atoms with Crippen LogP contribution in [-0.2, 0) is 11.2 Å². The highest BCUT2D eigenvalue weighted by molar-refractivity contribution is 6.30. The number of hydrazone groups is 1. The maximum Gasteiger partial charge on any atom is 0.244 e. The number of ether oxygens (including phenoxy) is 2. The molecule has 2 aromatic carbocycles. The van der Waals surface area contributed by atoms with Gasteiger partial charge in [-0.3, -0.25) is 4.79 Å². The zero-order valence-corrected chi connectivity index (χ0v) is 20.0. The molecule has 0 saturated carbocycles. The van der Waals surface area contributed by atoms with Gasteiger partial charge in [-0.05, 0) is 54.8 Å². The number of hydrogen-bond donors (Lipinski definition) is 1. The van der Waals surface area contributed by atoms with Crippen LogP contribution in [0.1, 0.15) is 69.9 Å². The Labute approximate surface area is 197 Å². The van der Waals surface area contributed by atoms with Crippen LogP contribution < -0.4 is 14.9 Å². The number of rotatable bonds is 15. The van der Waals surface area contributed by atoms with Crippen LogP contribution >= 0.6 is 11.6 Å². The summed E-state index contributed by atoms with van der Waals surface area (Å²) in [7, 11) is 0. The van der Waals surface area contributed by atoms with Crippen LogP contribution in [0.15, 0.2) is 47.6 Å². The lowest BCUT2D eigenvalue weighted by atomic mass is 10.1. The molecule has 0 fully saturated rings. The molecule has 0 aliphatic carbocycles. The van der Waals surface area contributed by atoms with Gasteiger partial charge in [0.25, 0.3) is 0 Å². The highest BCUT2D eigenvalue weighted by atomic mass is 35.5. The number of nitrogens with one attached hydrogen (secondary N) is 1. The molecule has 0 unspecified atom stereocenters. The average Bonchev–Trinajstić information content (AvgIpc) is 2.78. The van der Waals surface area contributed by atoms with E-state index in [-0.39, 0.29) is 12.3 Å². The Hall–Kier alpha value is -2.53. The predicted octanol–water partition coefficient (Wildman–Crippen LogP) is 6.56. The third kappa shape index (κ3) is 10.2. The lowest BCUT2D eigenvalue weighted by molar-refractivity contribution is -0.120. The van der Waals surface area contributed by atoms with Crippen LogP contribution in [0.2, 0.25) is 5.02 Å². The summed E-state index contributed by atoms with van der Waals surface area (Å²) in [4.78, 5) is 12.1. The second-order valence-corrected chi connectivity index (χ2v) is 8.14. The minimum Gasteiger partial charge on any atom is -0.490 e. The number of carbonyl (C=O) groups is 1. The summed E-state index contributed by atoms with van der Waals surface area (Å²) >= 11 is 5.87. The van der Waals surface area contributed by atoms with E-state index in [1.54, 1.807) is 18.3 Å². The van der Waals surface area contributed by atoms with E-state index in [0.29, 0.717) is 24.0 Å². The van der Waals surface area contributed by atoms with Gasteiger partial charge in [-0.1, -0.05) is 69.2 Å². The van der Waals surface area contributed by atoms with E-state index < -0.39 is 0 Å². The lowest BCUT2D eigenvalue weighted by Crippen LogP contribution is -2.19. The largest absolute Gasteiger partial charge is 0.490 e. The van der Waals surface area contributed by atoms with Gasteiger partial charge in [0.2, 0.25) is 5.91 Å². The van der Waals surface area contributed by atoms with Crippen molar-refractivity contribution in [2.45, 2.75) is 65.2 Å². The molecule has 5 nitrogen and oxygen atoms in total. The van der Waals surface area contributed by atoms with E-state index in [1.165, 1.54) is 38.5 Å². The van der Waals surface area contributed by atoms with Crippen molar-refractivity contribution in [1.82, 2.24) is 5.43 Å². The van der Waals surface area contributed by atoms with Crippen LogP contribution in [0.5, 0.6) is 11.5 Å². The molecule has 2 aromatic rings. The molecule has 1 N–H and O–H groups in total. The monoisotopic (exact) mass is 458 g/mol. The first-order valence-electron chi connectivity index (χ1n) is 11.6. The van der Waals surface area contributed by atoms with E-state index >= 15 is 0 Å². The molecule has 0 heterocycles. The van der Waals surface area contributed by atoms with Gasteiger partial charge < -0.3 is 9.47 Å². The zero-order chi connectivity index (χ0) is 23.0. The van der Waals surface area contributed by atoms with Crippen LogP contribution in [-0.4, -0.2) is 25.3 Å². The Morgan fingerprint density at radius 2 is 1.66 bits per heavy atom. The minimum absolute atomic E-state index is 0.191. The molecule has 6 heteroatoms. The quantitative estimate of drug-likeness (QED) is 0.187. The molecule has 0 spiro atoms. The fourth-order valence-corrected chi connectivity index (χ4v) is 3.37. The molecular weight excluding hydrogens is 424 g/mol. The van der Waals surface area contributed by atoms with E-state index in [4.69, 9.17) is 21.1 Å². The zero-order valence-electron chi connectivity index (χ0n) is 19.2. The molecular formula is C26H35ClN2O3. The molecule has 32 heavy (non-hydrogen) atoms. The molecule has 0 saturated heterocycles. The van der Waals surface area contributed by atoms with E-state index in [0.717, 1.165) is 23.3 Å². The predicted molar refractivity (Wildman–Crippen MR) is 132 cm³/mol. The van der Waals surface area contributed by atoms with E-state index in [2.05, 4.69) is 17.5 Å². The van der Waals surface area contributed by atoms with Gasteiger partial charge in [-0.2, -0.15) is 5.10 Å². The number of unbranched alkanes of at least 4 members (excludes halogenated alkanes) is 6. The minimum atomic E-state index is -0.191. The van der Waals surface area contributed by atoms with Crippen LogP contribution in [0, 0.1) is 0 Å². The van der Waals surface area contributed by atoms with Crippen molar-refractivity contribution in [3.63, 3.8) is 0 Å².